The predicted molar refractivity (Wildman–Crippen MR) is 65.2 cm³/mol. The SMILES string of the molecule is CCOCCN(C)C(CN)c1ccncc1. The van der Waals surface area contributed by atoms with Gasteiger partial charge in [0.15, 0.2) is 0 Å². The van der Waals surface area contributed by atoms with Crippen LogP contribution >= 0.6 is 0 Å². The molecule has 0 fully saturated rings. The number of ether oxygens (including phenoxy) is 1. The van der Waals surface area contributed by atoms with Crippen LogP contribution < -0.4 is 5.73 Å². The van der Waals surface area contributed by atoms with E-state index in [1.807, 2.05) is 19.1 Å². The molecule has 2 N–H and O–H groups in total. The van der Waals surface area contributed by atoms with Crippen molar-refractivity contribution in [1.29, 1.82) is 0 Å². The summed E-state index contributed by atoms with van der Waals surface area (Å²) < 4.78 is 5.34. The van der Waals surface area contributed by atoms with E-state index >= 15 is 0 Å². The van der Waals surface area contributed by atoms with Gasteiger partial charge >= 0.3 is 0 Å². The minimum atomic E-state index is 0.239. The summed E-state index contributed by atoms with van der Waals surface area (Å²) in [6.45, 7) is 5.00. The fourth-order valence-electron chi connectivity index (χ4n) is 1.66. The first kappa shape index (κ1) is 13.1. The number of rotatable bonds is 7. The number of aromatic nitrogens is 1. The highest BCUT2D eigenvalue weighted by molar-refractivity contribution is 5.15. The molecule has 16 heavy (non-hydrogen) atoms. The van der Waals surface area contributed by atoms with E-state index in [1.165, 1.54) is 5.56 Å². The molecular weight excluding hydrogens is 202 g/mol. The highest BCUT2D eigenvalue weighted by atomic mass is 16.5. The van der Waals surface area contributed by atoms with Crippen LogP contribution in [0.1, 0.15) is 18.5 Å². The molecular formula is C12H21N3O. The number of likely N-dealkylation sites (N-methyl/N-ethyl adjacent to an activating group) is 1. The molecule has 0 saturated carbocycles. The van der Waals surface area contributed by atoms with Crippen molar-refractivity contribution in [1.82, 2.24) is 9.88 Å². The quantitative estimate of drug-likeness (QED) is 0.702. The lowest BCUT2D eigenvalue weighted by Crippen LogP contribution is -2.33. The summed E-state index contributed by atoms with van der Waals surface area (Å²) in [6.07, 6.45) is 3.60. The molecule has 0 saturated heterocycles. The van der Waals surface area contributed by atoms with Gasteiger partial charge in [0.2, 0.25) is 0 Å². The largest absolute Gasteiger partial charge is 0.380 e. The zero-order chi connectivity index (χ0) is 11.8. The smallest absolute Gasteiger partial charge is 0.0593 e. The molecule has 0 radical (unpaired) electrons. The van der Waals surface area contributed by atoms with Gasteiger partial charge in [0, 0.05) is 38.1 Å². The third-order valence-electron chi connectivity index (χ3n) is 2.64. The van der Waals surface area contributed by atoms with Crippen molar-refractivity contribution < 1.29 is 4.74 Å². The van der Waals surface area contributed by atoms with Crippen LogP contribution in [0, 0.1) is 0 Å². The fourth-order valence-corrected chi connectivity index (χ4v) is 1.66. The Labute approximate surface area is 97.4 Å². The third kappa shape index (κ3) is 3.89. The van der Waals surface area contributed by atoms with E-state index in [-0.39, 0.29) is 6.04 Å². The molecule has 1 heterocycles. The van der Waals surface area contributed by atoms with Crippen LogP contribution in [0.3, 0.4) is 0 Å². The van der Waals surface area contributed by atoms with Gasteiger partial charge in [-0.2, -0.15) is 0 Å². The van der Waals surface area contributed by atoms with Crippen molar-refractivity contribution in [2.75, 3.05) is 33.4 Å². The zero-order valence-electron chi connectivity index (χ0n) is 10.1. The van der Waals surface area contributed by atoms with Crippen LogP contribution in [-0.4, -0.2) is 43.2 Å². The standard InChI is InChI=1S/C12H21N3O/c1-3-16-9-8-15(2)12(10-13)11-4-6-14-7-5-11/h4-7,12H,3,8-10,13H2,1-2H3. The number of nitrogens with zero attached hydrogens (tertiary/aromatic N) is 2. The second-order valence-corrected chi connectivity index (χ2v) is 3.71. The van der Waals surface area contributed by atoms with Crippen molar-refractivity contribution in [2.45, 2.75) is 13.0 Å². The molecule has 0 aliphatic carbocycles. The second kappa shape index (κ2) is 7.33. The first-order valence-electron chi connectivity index (χ1n) is 5.67. The average molecular weight is 223 g/mol. The van der Waals surface area contributed by atoms with E-state index in [0.29, 0.717) is 6.54 Å². The van der Waals surface area contributed by atoms with Crippen LogP contribution in [0.15, 0.2) is 24.5 Å². The Morgan fingerprint density at radius 2 is 2.12 bits per heavy atom. The van der Waals surface area contributed by atoms with Crippen LogP contribution in [0.4, 0.5) is 0 Å². The highest BCUT2D eigenvalue weighted by Crippen LogP contribution is 2.16. The van der Waals surface area contributed by atoms with E-state index < -0.39 is 0 Å². The zero-order valence-corrected chi connectivity index (χ0v) is 10.1. The van der Waals surface area contributed by atoms with Crippen molar-refractivity contribution >= 4 is 0 Å². The van der Waals surface area contributed by atoms with Crippen LogP contribution in [0.2, 0.25) is 0 Å². The lowest BCUT2D eigenvalue weighted by molar-refractivity contribution is 0.108. The topological polar surface area (TPSA) is 51.4 Å². The van der Waals surface area contributed by atoms with Gasteiger partial charge in [-0.25, -0.2) is 0 Å². The Bertz CT molecular complexity index is 279. The molecule has 4 heteroatoms. The van der Waals surface area contributed by atoms with Crippen molar-refractivity contribution in [2.24, 2.45) is 5.73 Å². The maximum Gasteiger partial charge on any atom is 0.0593 e. The predicted octanol–water partition coefficient (Wildman–Crippen LogP) is 1.05. The summed E-state index contributed by atoms with van der Waals surface area (Å²) >= 11 is 0. The number of nitrogens with two attached hydrogens (primary N) is 1. The fraction of sp³-hybridized carbons (Fsp3) is 0.583. The van der Waals surface area contributed by atoms with E-state index in [9.17, 15) is 0 Å². The third-order valence-corrected chi connectivity index (χ3v) is 2.64. The number of pyridine rings is 1. The Balaban J connectivity index is 2.53. The lowest BCUT2D eigenvalue weighted by atomic mass is 10.1. The monoisotopic (exact) mass is 223 g/mol. The number of hydrogen-bond acceptors (Lipinski definition) is 4. The molecule has 1 rings (SSSR count). The molecule has 0 aromatic carbocycles. The minimum absolute atomic E-state index is 0.239. The number of hydrogen-bond donors (Lipinski definition) is 1. The maximum atomic E-state index is 5.81. The van der Waals surface area contributed by atoms with Gasteiger partial charge in [-0.05, 0) is 31.7 Å². The summed E-state index contributed by atoms with van der Waals surface area (Å²) in [4.78, 5) is 6.23. The summed E-state index contributed by atoms with van der Waals surface area (Å²) in [6, 6.07) is 4.26. The van der Waals surface area contributed by atoms with Crippen LogP contribution in [-0.2, 0) is 4.74 Å². The van der Waals surface area contributed by atoms with Gasteiger partial charge in [0.1, 0.15) is 0 Å². The van der Waals surface area contributed by atoms with E-state index in [4.69, 9.17) is 10.5 Å². The Morgan fingerprint density at radius 1 is 1.44 bits per heavy atom. The van der Waals surface area contributed by atoms with Crippen LogP contribution in [0.5, 0.6) is 0 Å². The molecule has 1 atom stereocenters. The van der Waals surface area contributed by atoms with Gasteiger partial charge in [0.05, 0.1) is 6.61 Å². The molecule has 0 bridgehead atoms. The molecule has 0 aliphatic rings. The molecule has 1 unspecified atom stereocenters. The molecule has 4 nitrogen and oxygen atoms in total. The van der Waals surface area contributed by atoms with Crippen LogP contribution in [0.25, 0.3) is 0 Å². The highest BCUT2D eigenvalue weighted by Gasteiger charge is 2.14. The van der Waals surface area contributed by atoms with E-state index in [1.54, 1.807) is 12.4 Å². The first-order chi connectivity index (χ1) is 7.79. The van der Waals surface area contributed by atoms with Crippen molar-refractivity contribution in [3.8, 4) is 0 Å². The van der Waals surface area contributed by atoms with Gasteiger partial charge in [-0.1, -0.05) is 0 Å². The summed E-state index contributed by atoms with van der Waals surface area (Å²) in [5.74, 6) is 0. The summed E-state index contributed by atoms with van der Waals surface area (Å²) in [5.41, 5.74) is 7.01. The van der Waals surface area contributed by atoms with Crippen molar-refractivity contribution in [3.05, 3.63) is 30.1 Å². The first-order valence-corrected chi connectivity index (χ1v) is 5.67. The molecule has 1 aromatic heterocycles. The summed E-state index contributed by atoms with van der Waals surface area (Å²) in [5, 5.41) is 0. The van der Waals surface area contributed by atoms with Gasteiger partial charge < -0.3 is 10.5 Å². The average Bonchev–Trinajstić information content (AvgIpc) is 2.32. The molecule has 0 amide bonds. The Kier molecular flexibility index (Phi) is 6.00. The van der Waals surface area contributed by atoms with Gasteiger partial charge in [-0.3, -0.25) is 9.88 Å². The molecule has 0 aliphatic heterocycles. The van der Waals surface area contributed by atoms with E-state index in [0.717, 1.165) is 19.8 Å². The summed E-state index contributed by atoms with van der Waals surface area (Å²) in [7, 11) is 2.07. The van der Waals surface area contributed by atoms with Gasteiger partial charge in [-0.15, -0.1) is 0 Å². The Hall–Kier alpha value is -0.970. The van der Waals surface area contributed by atoms with Gasteiger partial charge in [0.25, 0.3) is 0 Å². The Morgan fingerprint density at radius 3 is 2.69 bits per heavy atom. The molecule has 1 aromatic rings. The minimum Gasteiger partial charge on any atom is -0.380 e. The normalized spacial score (nSPS) is 13.0. The van der Waals surface area contributed by atoms with Crippen molar-refractivity contribution in [3.63, 3.8) is 0 Å². The van der Waals surface area contributed by atoms with E-state index in [2.05, 4.69) is 16.9 Å². The lowest BCUT2D eigenvalue weighted by Gasteiger charge is -2.27. The maximum absolute atomic E-state index is 5.81. The molecule has 90 valence electrons. The second-order valence-electron chi connectivity index (χ2n) is 3.71. The molecule has 0 spiro atoms.